The number of nitrogens with zero attached hydrogens (tertiary/aromatic N) is 2. The number of rotatable bonds is 5. The molecule has 0 spiro atoms. The predicted octanol–water partition coefficient (Wildman–Crippen LogP) is 2.64. The summed E-state index contributed by atoms with van der Waals surface area (Å²) in [6.07, 6.45) is 5.30. The third kappa shape index (κ3) is 3.51. The van der Waals surface area contributed by atoms with Crippen LogP contribution < -0.4 is 5.32 Å². The van der Waals surface area contributed by atoms with Crippen molar-refractivity contribution in [3.63, 3.8) is 0 Å². The van der Waals surface area contributed by atoms with Gasteiger partial charge in [-0.15, -0.1) is 0 Å². The average molecular weight is 263 g/mol. The largest absolute Gasteiger partial charge is 0.377 e. The minimum Gasteiger partial charge on any atom is -0.377 e. The Kier molecular flexibility index (Phi) is 4.53. The quantitative estimate of drug-likeness (QED) is 0.887. The fourth-order valence-electron chi connectivity index (χ4n) is 2.79. The van der Waals surface area contributed by atoms with Gasteiger partial charge in [-0.1, -0.05) is 20.8 Å². The second kappa shape index (κ2) is 5.97. The van der Waals surface area contributed by atoms with Gasteiger partial charge in [-0.2, -0.15) is 0 Å². The Morgan fingerprint density at radius 3 is 2.95 bits per heavy atom. The van der Waals surface area contributed by atoms with Crippen LogP contribution in [0.1, 0.15) is 56.7 Å². The van der Waals surface area contributed by atoms with E-state index < -0.39 is 0 Å². The lowest BCUT2D eigenvalue weighted by Gasteiger charge is -2.36. The molecule has 1 aromatic rings. The molecule has 1 heterocycles. The van der Waals surface area contributed by atoms with E-state index in [9.17, 15) is 0 Å². The number of aromatic nitrogens is 2. The summed E-state index contributed by atoms with van der Waals surface area (Å²) < 4.78 is 5.12. The summed E-state index contributed by atoms with van der Waals surface area (Å²) in [5.41, 5.74) is 2.75. The highest BCUT2D eigenvalue weighted by molar-refractivity contribution is 5.26. The number of hydrogen-bond acceptors (Lipinski definition) is 4. The summed E-state index contributed by atoms with van der Waals surface area (Å²) in [6, 6.07) is 0.385. The predicted molar refractivity (Wildman–Crippen MR) is 75.9 cm³/mol. The van der Waals surface area contributed by atoms with Crippen molar-refractivity contribution < 1.29 is 4.74 Å². The highest BCUT2D eigenvalue weighted by Gasteiger charge is 2.33. The van der Waals surface area contributed by atoms with E-state index in [0.29, 0.717) is 12.6 Å². The number of nitrogens with one attached hydrogen (secondary N) is 1. The molecular weight excluding hydrogens is 238 g/mol. The Morgan fingerprint density at radius 1 is 1.47 bits per heavy atom. The Morgan fingerprint density at radius 2 is 2.26 bits per heavy atom. The molecule has 106 valence electrons. The molecule has 4 heteroatoms. The summed E-state index contributed by atoms with van der Waals surface area (Å²) in [4.78, 5) is 9.09. The molecule has 0 saturated carbocycles. The highest BCUT2D eigenvalue weighted by Crippen LogP contribution is 2.39. The molecule has 0 bridgehead atoms. The maximum Gasteiger partial charge on any atom is 0.154 e. The number of hydrogen-bond donors (Lipinski definition) is 1. The van der Waals surface area contributed by atoms with Crippen LogP contribution in [0.5, 0.6) is 0 Å². The molecule has 0 aromatic carbocycles. The van der Waals surface area contributed by atoms with E-state index in [1.54, 1.807) is 7.11 Å². The molecule has 2 rings (SSSR count). The first-order valence-corrected chi connectivity index (χ1v) is 7.13. The fourth-order valence-corrected chi connectivity index (χ4v) is 2.79. The first-order chi connectivity index (χ1) is 9.05. The van der Waals surface area contributed by atoms with Crippen LogP contribution in [0.15, 0.2) is 6.20 Å². The Labute approximate surface area is 116 Å². The van der Waals surface area contributed by atoms with Crippen LogP contribution in [0, 0.1) is 5.41 Å². The molecule has 0 amide bonds. The van der Waals surface area contributed by atoms with E-state index >= 15 is 0 Å². The molecule has 0 fully saturated rings. The summed E-state index contributed by atoms with van der Waals surface area (Å²) in [7, 11) is 1.68. The first kappa shape index (κ1) is 14.4. The van der Waals surface area contributed by atoms with Crippen molar-refractivity contribution in [2.24, 2.45) is 5.41 Å². The third-order valence-corrected chi connectivity index (χ3v) is 3.64. The Bertz CT molecular complexity index is 431. The highest BCUT2D eigenvalue weighted by atomic mass is 16.5. The van der Waals surface area contributed by atoms with Crippen molar-refractivity contribution in [3.05, 3.63) is 23.3 Å². The van der Waals surface area contributed by atoms with Crippen LogP contribution in [-0.4, -0.2) is 23.6 Å². The van der Waals surface area contributed by atoms with E-state index in [1.807, 2.05) is 6.20 Å². The third-order valence-electron chi connectivity index (χ3n) is 3.64. The SMILES string of the molecule is CCCNC1CC(C)(C)Cc2nc(COC)ncc21. The van der Waals surface area contributed by atoms with Gasteiger partial charge in [0.05, 0.1) is 0 Å². The summed E-state index contributed by atoms with van der Waals surface area (Å²) in [5.74, 6) is 0.785. The van der Waals surface area contributed by atoms with Gasteiger partial charge in [-0.05, 0) is 31.2 Å². The molecule has 1 aromatic heterocycles. The van der Waals surface area contributed by atoms with Crippen molar-refractivity contribution >= 4 is 0 Å². The van der Waals surface area contributed by atoms with Gasteiger partial charge < -0.3 is 10.1 Å². The topological polar surface area (TPSA) is 47.0 Å². The molecule has 1 aliphatic carbocycles. The monoisotopic (exact) mass is 263 g/mol. The Balaban J connectivity index is 2.27. The van der Waals surface area contributed by atoms with E-state index in [1.165, 1.54) is 11.3 Å². The van der Waals surface area contributed by atoms with Gasteiger partial charge in [0.1, 0.15) is 6.61 Å². The van der Waals surface area contributed by atoms with Crippen molar-refractivity contribution in [1.82, 2.24) is 15.3 Å². The number of methoxy groups -OCH3 is 1. The van der Waals surface area contributed by atoms with Gasteiger partial charge in [0.15, 0.2) is 5.82 Å². The lowest BCUT2D eigenvalue weighted by atomic mass is 9.74. The minimum atomic E-state index is 0.289. The van der Waals surface area contributed by atoms with Crippen molar-refractivity contribution in [3.8, 4) is 0 Å². The molecule has 0 saturated heterocycles. The van der Waals surface area contributed by atoms with Gasteiger partial charge in [0, 0.05) is 30.6 Å². The fraction of sp³-hybridized carbons (Fsp3) is 0.733. The summed E-state index contributed by atoms with van der Waals surface area (Å²) >= 11 is 0. The zero-order valence-corrected chi connectivity index (χ0v) is 12.5. The second-order valence-corrected chi connectivity index (χ2v) is 6.17. The lowest BCUT2D eigenvalue weighted by Crippen LogP contribution is -2.34. The molecular formula is C15H25N3O. The van der Waals surface area contributed by atoms with Crippen molar-refractivity contribution in [1.29, 1.82) is 0 Å². The van der Waals surface area contributed by atoms with Crippen LogP contribution >= 0.6 is 0 Å². The Hall–Kier alpha value is -1.00. The molecule has 0 aliphatic heterocycles. The van der Waals surface area contributed by atoms with Gasteiger partial charge in [0.2, 0.25) is 0 Å². The molecule has 1 N–H and O–H groups in total. The van der Waals surface area contributed by atoms with Gasteiger partial charge in [0.25, 0.3) is 0 Å². The van der Waals surface area contributed by atoms with Crippen molar-refractivity contribution in [2.75, 3.05) is 13.7 Å². The van der Waals surface area contributed by atoms with E-state index in [2.05, 4.69) is 36.1 Å². The second-order valence-electron chi connectivity index (χ2n) is 6.17. The number of ether oxygens (including phenoxy) is 1. The summed E-state index contributed by atoms with van der Waals surface area (Å²) in [6.45, 7) is 8.35. The van der Waals surface area contributed by atoms with Gasteiger partial charge in [-0.3, -0.25) is 0 Å². The van der Waals surface area contributed by atoms with Crippen LogP contribution in [0.2, 0.25) is 0 Å². The molecule has 1 aliphatic rings. The molecule has 4 nitrogen and oxygen atoms in total. The van der Waals surface area contributed by atoms with Crippen LogP contribution in [0.3, 0.4) is 0 Å². The van der Waals surface area contributed by atoms with E-state index in [0.717, 1.165) is 31.6 Å². The van der Waals surface area contributed by atoms with Gasteiger partial charge in [-0.25, -0.2) is 9.97 Å². The van der Waals surface area contributed by atoms with Crippen LogP contribution in [-0.2, 0) is 17.8 Å². The van der Waals surface area contributed by atoms with Crippen LogP contribution in [0.25, 0.3) is 0 Å². The zero-order chi connectivity index (χ0) is 13.9. The standard InChI is InChI=1S/C15H25N3O/c1-5-6-16-12-7-15(2,3)8-13-11(12)9-17-14(18-13)10-19-4/h9,12,16H,5-8,10H2,1-4H3. The van der Waals surface area contributed by atoms with Crippen LogP contribution in [0.4, 0.5) is 0 Å². The lowest BCUT2D eigenvalue weighted by molar-refractivity contribution is 0.176. The van der Waals surface area contributed by atoms with Crippen molar-refractivity contribution in [2.45, 2.75) is 52.7 Å². The molecule has 1 unspecified atom stereocenters. The maximum absolute atomic E-state index is 5.12. The zero-order valence-electron chi connectivity index (χ0n) is 12.5. The number of fused-ring (bicyclic) bond motifs is 1. The average Bonchev–Trinajstić information content (AvgIpc) is 2.34. The van der Waals surface area contributed by atoms with Gasteiger partial charge >= 0.3 is 0 Å². The maximum atomic E-state index is 5.12. The summed E-state index contributed by atoms with van der Waals surface area (Å²) in [5, 5.41) is 3.62. The normalized spacial score (nSPS) is 21.2. The molecule has 19 heavy (non-hydrogen) atoms. The molecule has 0 radical (unpaired) electrons. The van der Waals surface area contributed by atoms with E-state index in [-0.39, 0.29) is 5.41 Å². The minimum absolute atomic E-state index is 0.289. The molecule has 1 atom stereocenters. The smallest absolute Gasteiger partial charge is 0.154 e. The first-order valence-electron chi connectivity index (χ1n) is 7.13. The van der Waals surface area contributed by atoms with E-state index in [4.69, 9.17) is 4.74 Å².